The summed E-state index contributed by atoms with van der Waals surface area (Å²) in [6.07, 6.45) is 0. The molecule has 0 aromatic heterocycles. The third-order valence-electron chi connectivity index (χ3n) is 1.36. The van der Waals surface area contributed by atoms with Crippen molar-refractivity contribution in [1.82, 2.24) is 5.48 Å². The summed E-state index contributed by atoms with van der Waals surface area (Å²) >= 11 is 0. The number of benzene rings is 1. The smallest absolute Gasteiger partial charge is 0.280 e. The molecular formula is C7H9N2O2+. The molecule has 0 bridgehead atoms. The van der Waals surface area contributed by atoms with Gasteiger partial charge in [0.1, 0.15) is 11.3 Å². The molecule has 0 heterocycles. The van der Waals surface area contributed by atoms with E-state index in [1.54, 1.807) is 29.7 Å². The Hall–Kier alpha value is -1.39. The first-order chi connectivity index (χ1) is 5.25. The maximum atomic E-state index is 10.8. The maximum absolute atomic E-state index is 10.8. The Morgan fingerprint density at radius 2 is 2.09 bits per heavy atom. The predicted octanol–water partition coefficient (Wildman–Crippen LogP) is -0.321. The second-order valence-electron chi connectivity index (χ2n) is 2.10. The molecule has 0 aliphatic heterocycles. The highest BCUT2D eigenvalue weighted by Gasteiger charge is 2.08. The second kappa shape index (κ2) is 3.14. The average molecular weight is 153 g/mol. The van der Waals surface area contributed by atoms with Crippen LogP contribution >= 0.6 is 0 Å². The van der Waals surface area contributed by atoms with Crippen LogP contribution in [0.25, 0.3) is 0 Å². The fourth-order valence-electron chi connectivity index (χ4n) is 0.802. The summed E-state index contributed by atoms with van der Waals surface area (Å²) in [6, 6.07) is 6.77. The molecule has 0 aliphatic carbocycles. The quantitative estimate of drug-likeness (QED) is 0.382. The van der Waals surface area contributed by atoms with Crippen molar-refractivity contribution in [3.05, 3.63) is 29.8 Å². The average Bonchev–Trinajstić information content (AvgIpc) is 2.04. The zero-order valence-corrected chi connectivity index (χ0v) is 5.87. The van der Waals surface area contributed by atoms with Gasteiger partial charge in [-0.15, -0.1) is 0 Å². The van der Waals surface area contributed by atoms with Gasteiger partial charge in [0, 0.05) is 0 Å². The standard InChI is InChI=1S/C7H8N2O2/c8-6-4-2-1-3-5(6)7(10)9-11/h1-4,11H,8H2,(H,9,10)/p+1. The minimum Gasteiger partial charge on any atom is -0.325 e. The Morgan fingerprint density at radius 1 is 1.45 bits per heavy atom. The first-order valence-electron chi connectivity index (χ1n) is 3.11. The summed E-state index contributed by atoms with van der Waals surface area (Å²) < 4.78 is 0. The predicted molar refractivity (Wildman–Crippen MR) is 38.2 cm³/mol. The first-order valence-corrected chi connectivity index (χ1v) is 3.11. The molecule has 0 aliphatic rings. The van der Waals surface area contributed by atoms with E-state index in [9.17, 15) is 4.79 Å². The molecule has 0 saturated heterocycles. The summed E-state index contributed by atoms with van der Waals surface area (Å²) in [4.78, 5) is 10.8. The highest BCUT2D eigenvalue weighted by atomic mass is 16.5. The van der Waals surface area contributed by atoms with E-state index >= 15 is 0 Å². The molecule has 0 spiro atoms. The number of hydrogen-bond donors (Lipinski definition) is 3. The van der Waals surface area contributed by atoms with Gasteiger partial charge in [0.05, 0.1) is 0 Å². The van der Waals surface area contributed by atoms with E-state index in [-0.39, 0.29) is 0 Å². The number of carbonyl (C=O) groups excluding carboxylic acids is 1. The van der Waals surface area contributed by atoms with Crippen molar-refractivity contribution < 1.29 is 15.7 Å². The summed E-state index contributed by atoms with van der Waals surface area (Å²) in [6.45, 7) is 0. The molecule has 4 nitrogen and oxygen atoms in total. The molecule has 4 heteroatoms. The number of carbonyl (C=O) groups is 1. The van der Waals surface area contributed by atoms with Crippen molar-refractivity contribution in [2.75, 3.05) is 0 Å². The minimum absolute atomic E-state index is 0.384. The molecule has 11 heavy (non-hydrogen) atoms. The summed E-state index contributed by atoms with van der Waals surface area (Å²) in [5, 5.41) is 8.29. The number of amides is 1. The SMILES string of the molecule is [NH3+]c1ccccc1C(=O)NO. The third-order valence-corrected chi connectivity index (χ3v) is 1.36. The molecule has 0 saturated carbocycles. The number of quaternary nitrogens is 1. The van der Waals surface area contributed by atoms with Crippen molar-refractivity contribution in [2.45, 2.75) is 0 Å². The van der Waals surface area contributed by atoms with E-state index < -0.39 is 5.91 Å². The van der Waals surface area contributed by atoms with Gasteiger partial charge in [-0.05, 0) is 12.1 Å². The summed E-state index contributed by atoms with van der Waals surface area (Å²) in [7, 11) is 0. The lowest BCUT2D eigenvalue weighted by Crippen LogP contribution is -2.42. The van der Waals surface area contributed by atoms with Crippen molar-refractivity contribution >= 4 is 11.6 Å². The van der Waals surface area contributed by atoms with Crippen molar-refractivity contribution in [3.63, 3.8) is 0 Å². The van der Waals surface area contributed by atoms with E-state index in [2.05, 4.69) is 5.73 Å². The molecule has 1 rings (SSSR count). The molecule has 0 unspecified atom stereocenters. The first kappa shape index (κ1) is 7.71. The van der Waals surface area contributed by atoms with E-state index in [0.29, 0.717) is 11.3 Å². The summed E-state index contributed by atoms with van der Waals surface area (Å²) in [5.74, 6) is -0.532. The molecular weight excluding hydrogens is 144 g/mol. The van der Waals surface area contributed by atoms with Gasteiger partial charge < -0.3 is 5.73 Å². The monoisotopic (exact) mass is 153 g/mol. The van der Waals surface area contributed by atoms with E-state index in [4.69, 9.17) is 5.21 Å². The van der Waals surface area contributed by atoms with Crippen molar-refractivity contribution in [3.8, 4) is 0 Å². The Morgan fingerprint density at radius 3 is 2.64 bits per heavy atom. The fourth-order valence-corrected chi connectivity index (χ4v) is 0.802. The zero-order valence-electron chi connectivity index (χ0n) is 5.87. The number of hydrogen-bond acceptors (Lipinski definition) is 2. The van der Waals surface area contributed by atoms with Gasteiger partial charge in [-0.1, -0.05) is 12.1 Å². The molecule has 0 radical (unpaired) electrons. The number of rotatable bonds is 1. The zero-order chi connectivity index (χ0) is 8.27. The third kappa shape index (κ3) is 1.54. The van der Waals surface area contributed by atoms with Crippen molar-refractivity contribution in [2.24, 2.45) is 0 Å². The highest BCUT2D eigenvalue weighted by Crippen LogP contribution is 2.07. The Labute approximate surface area is 63.6 Å². The van der Waals surface area contributed by atoms with Crippen LogP contribution in [0.5, 0.6) is 0 Å². The molecule has 1 aromatic carbocycles. The second-order valence-corrected chi connectivity index (χ2v) is 2.10. The Kier molecular flexibility index (Phi) is 2.20. The molecule has 0 fully saturated rings. The lowest BCUT2D eigenvalue weighted by Gasteiger charge is -1.97. The largest absolute Gasteiger partial charge is 0.325 e. The van der Waals surface area contributed by atoms with Crippen LogP contribution in [0.2, 0.25) is 0 Å². The van der Waals surface area contributed by atoms with Crippen LogP contribution in [0.1, 0.15) is 10.4 Å². The molecule has 0 atom stereocenters. The van der Waals surface area contributed by atoms with Crippen LogP contribution in [0.4, 0.5) is 5.69 Å². The minimum atomic E-state index is -0.532. The Balaban J connectivity index is 3.03. The van der Waals surface area contributed by atoms with Gasteiger partial charge in [-0.2, -0.15) is 0 Å². The molecule has 1 aromatic rings. The van der Waals surface area contributed by atoms with Gasteiger partial charge in [0.25, 0.3) is 5.91 Å². The van der Waals surface area contributed by atoms with Gasteiger partial charge in [0.2, 0.25) is 0 Å². The topological polar surface area (TPSA) is 77.0 Å². The number of nitrogens with one attached hydrogen (secondary N) is 1. The van der Waals surface area contributed by atoms with Gasteiger partial charge in [-0.25, -0.2) is 5.48 Å². The fraction of sp³-hybridized carbons (Fsp3) is 0. The maximum Gasteiger partial charge on any atom is 0.280 e. The summed E-state index contributed by atoms with van der Waals surface area (Å²) in [5.41, 5.74) is 6.14. The van der Waals surface area contributed by atoms with Gasteiger partial charge in [0.15, 0.2) is 0 Å². The van der Waals surface area contributed by atoms with Crippen LogP contribution in [-0.2, 0) is 0 Å². The van der Waals surface area contributed by atoms with Gasteiger partial charge >= 0.3 is 0 Å². The highest BCUT2D eigenvalue weighted by molar-refractivity contribution is 5.97. The molecule has 5 N–H and O–H groups in total. The Bertz CT molecular complexity index is 273. The normalized spacial score (nSPS) is 9.27. The van der Waals surface area contributed by atoms with Crippen LogP contribution in [0.3, 0.4) is 0 Å². The van der Waals surface area contributed by atoms with Crippen LogP contribution in [0, 0.1) is 0 Å². The van der Waals surface area contributed by atoms with Crippen molar-refractivity contribution in [1.29, 1.82) is 0 Å². The van der Waals surface area contributed by atoms with Crippen LogP contribution < -0.4 is 11.2 Å². The lowest BCUT2D eigenvalue weighted by atomic mass is 10.2. The van der Waals surface area contributed by atoms with E-state index in [0.717, 1.165) is 0 Å². The number of hydroxylamine groups is 1. The van der Waals surface area contributed by atoms with Crippen LogP contribution in [0.15, 0.2) is 24.3 Å². The molecule has 1 amide bonds. The van der Waals surface area contributed by atoms with E-state index in [1.165, 1.54) is 0 Å². The van der Waals surface area contributed by atoms with Gasteiger partial charge in [-0.3, -0.25) is 10.0 Å². The molecule has 58 valence electrons. The lowest BCUT2D eigenvalue weighted by molar-refractivity contribution is -0.255. The van der Waals surface area contributed by atoms with Crippen LogP contribution in [-0.4, -0.2) is 11.1 Å². The van der Waals surface area contributed by atoms with E-state index in [1.807, 2.05) is 0 Å².